The van der Waals surface area contributed by atoms with Crippen molar-refractivity contribution >= 4 is 17.9 Å². The number of hydrogen-bond acceptors (Lipinski definition) is 4. The van der Waals surface area contributed by atoms with E-state index < -0.39 is 5.97 Å². The lowest BCUT2D eigenvalue weighted by Crippen LogP contribution is -2.60. The van der Waals surface area contributed by atoms with Crippen LogP contribution in [0.15, 0.2) is 0 Å². The van der Waals surface area contributed by atoms with Gasteiger partial charge < -0.3 is 20.2 Å². The molecular formula is C16H28N4O4. The number of nitrogens with zero attached hydrogens (tertiary/aromatic N) is 3. The number of carbonyl (C=O) groups excluding carboxylic acids is 2. The van der Waals surface area contributed by atoms with Crippen molar-refractivity contribution in [2.45, 2.75) is 51.7 Å². The molecule has 1 saturated heterocycles. The number of hydrogen-bond donors (Lipinski definition) is 2. The number of aliphatic carboxylic acids is 1. The van der Waals surface area contributed by atoms with Gasteiger partial charge in [-0.25, -0.2) is 4.79 Å². The van der Waals surface area contributed by atoms with Gasteiger partial charge in [0.2, 0.25) is 5.91 Å². The summed E-state index contributed by atoms with van der Waals surface area (Å²) in [7, 11) is 0. The molecule has 1 heterocycles. The minimum Gasteiger partial charge on any atom is -0.480 e. The van der Waals surface area contributed by atoms with Gasteiger partial charge >= 0.3 is 12.0 Å². The fraction of sp³-hybridized carbons (Fsp3) is 0.812. The zero-order valence-corrected chi connectivity index (χ0v) is 14.7. The maximum absolute atomic E-state index is 12.3. The Morgan fingerprint density at radius 3 is 2.50 bits per heavy atom. The van der Waals surface area contributed by atoms with E-state index >= 15 is 0 Å². The number of carboxylic acids is 1. The highest BCUT2D eigenvalue weighted by molar-refractivity contribution is 5.85. The molecule has 3 amide bonds. The summed E-state index contributed by atoms with van der Waals surface area (Å²) in [4.78, 5) is 40.4. The van der Waals surface area contributed by atoms with Crippen molar-refractivity contribution in [1.29, 1.82) is 0 Å². The predicted molar refractivity (Wildman–Crippen MR) is 88.6 cm³/mol. The molecule has 0 unspecified atom stereocenters. The van der Waals surface area contributed by atoms with E-state index in [1.165, 1.54) is 0 Å². The summed E-state index contributed by atoms with van der Waals surface area (Å²) in [6.07, 6.45) is 1.51. The molecule has 0 bridgehead atoms. The standard InChI is InChI=1S/C16H28N4O4/c1-4-18(10-15(22)23)13-7-12(8-13)17-16(24)19-5-6-20(11(2)3)14(21)9-19/h11-13H,4-10H2,1-3H3,(H,17,24)(H,22,23). The van der Waals surface area contributed by atoms with Crippen LogP contribution in [0.2, 0.25) is 0 Å². The average molecular weight is 340 g/mol. The van der Waals surface area contributed by atoms with Crippen LogP contribution in [0.5, 0.6) is 0 Å². The first-order chi connectivity index (χ1) is 11.3. The average Bonchev–Trinajstić information content (AvgIpc) is 2.47. The van der Waals surface area contributed by atoms with Gasteiger partial charge in [0.15, 0.2) is 0 Å². The first-order valence-corrected chi connectivity index (χ1v) is 8.62. The van der Waals surface area contributed by atoms with Gasteiger partial charge in [0.05, 0.1) is 6.54 Å². The maximum atomic E-state index is 12.3. The summed E-state index contributed by atoms with van der Waals surface area (Å²) >= 11 is 0. The quantitative estimate of drug-likeness (QED) is 0.720. The van der Waals surface area contributed by atoms with Crippen LogP contribution in [-0.2, 0) is 9.59 Å². The van der Waals surface area contributed by atoms with Crippen molar-refractivity contribution in [3.8, 4) is 0 Å². The first kappa shape index (κ1) is 18.5. The molecule has 1 aliphatic carbocycles. The zero-order chi connectivity index (χ0) is 17.9. The van der Waals surface area contributed by atoms with Crippen molar-refractivity contribution in [1.82, 2.24) is 20.0 Å². The van der Waals surface area contributed by atoms with Crippen LogP contribution in [0, 0.1) is 0 Å². The fourth-order valence-electron chi connectivity index (χ4n) is 3.35. The fourth-order valence-corrected chi connectivity index (χ4v) is 3.35. The lowest BCUT2D eigenvalue weighted by molar-refractivity contribution is -0.139. The van der Waals surface area contributed by atoms with E-state index in [2.05, 4.69) is 5.32 Å². The zero-order valence-electron chi connectivity index (χ0n) is 14.7. The second-order valence-corrected chi connectivity index (χ2v) is 6.83. The highest BCUT2D eigenvalue weighted by Gasteiger charge is 2.36. The van der Waals surface area contributed by atoms with Crippen molar-refractivity contribution in [3.63, 3.8) is 0 Å². The maximum Gasteiger partial charge on any atom is 0.318 e. The van der Waals surface area contributed by atoms with Gasteiger partial charge in [-0.2, -0.15) is 0 Å². The molecule has 2 rings (SSSR count). The topological polar surface area (TPSA) is 93.2 Å². The van der Waals surface area contributed by atoms with Crippen LogP contribution in [0.25, 0.3) is 0 Å². The summed E-state index contributed by atoms with van der Waals surface area (Å²) in [6, 6.07) is 0.222. The largest absolute Gasteiger partial charge is 0.480 e. The van der Waals surface area contributed by atoms with E-state index in [-0.39, 0.29) is 43.2 Å². The Kier molecular flexibility index (Phi) is 6.04. The Balaban J connectivity index is 1.75. The summed E-state index contributed by atoms with van der Waals surface area (Å²) < 4.78 is 0. The van der Waals surface area contributed by atoms with E-state index in [0.717, 1.165) is 12.8 Å². The van der Waals surface area contributed by atoms with Crippen LogP contribution in [0.1, 0.15) is 33.6 Å². The summed E-state index contributed by atoms with van der Waals surface area (Å²) in [5, 5.41) is 11.9. The molecule has 1 saturated carbocycles. The molecule has 24 heavy (non-hydrogen) atoms. The molecular weight excluding hydrogens is 312 g/mol. The number of carboxylic acid groups (broad SMARTS) is 1. The molecule has 0 aromatic heterocycles. The van der Waals surface area contributed by atoms with Gasteiger partial charge in [0.1, 0.15) is 6.54 Å². The van der Waals surface area contributed by atoms with E-state index in [0.29, 0.717) is 19.6 Å². The van der Waals surface area contributed by atoms with Gasteiger partial charge in [0.25, 0.3) is 0 Å². The molecule has 0 radical (unpaired) electrons. The Morgan fingerprint density at radius 2 is 2.00 bits per heavy atom. The third-order valence-corrected chi connectivity index (χ3v) is 4.87. The first-order valence-electron chi connectivity index (χ1n) is 8.62. The highest BCUT2D eigenvalue weighted by Crippen LogP contribution is 2.25. The molecule has 0 atom stereocenters. The molecule has 0 spiro atoms. The minimum atomic E-state index is -0.828. The van der Waals surface area contributed by atoms with Crippen molar-refractivity contribution in [2.75, 3.05) is 32.7 Å². The highest BCUT2D eigenvalue weighted by atomic mass is 16.4. The number of rotatable bonds is 6. The summed E-state index contributed by atoms with van der Waals surface area (Å²) in [5.41, 5.74) is 0. The Hall–Kier alpha value is -1.83. The van der Waals surface area contributed by atoms with Crippen LogP contribution in [-0.4, -0.2) is 88.6 Å². The predicted octanol–water partition coefficient (Wildman–Crippen LogP) is 0.186. The number of nitrogens with one attached hydrogen (secondary N) is 1. The van der Waals surface area contributed by atoms with E-state index in [1.54, 1.807) is 9.80 Å². The SMILES string of the molecule is CCN(CC(=O)O)C1CC(NC(=O)N2CCN(C(C)C)C(=O)C2)C1. The number of urea groups is 1. The van der Waals surface area contributed by atoms with Gasteiger partial charge in [-0.15, -0.1) is 0 Å². The Morgan fingerprint density at radius 1 is 1.33 bits per heavy atom. The smallest absolute Gasteiger partial charge is 0.318 e. The third kappa shape index (κ3) is 4.37. The van der Waals surface area contributed by atoms with E-state index in [9.17, 15) is 14.4 Å². The Bertz CT molecular complexity index is 490. The van der Waals surface area contributed by atoms with E-state index in [4.69, 9.17) is 5.11 Å². The van der Waals surface area contributed by atoms with E-state index in [1.807, 2.05) is 25.7 Å². The molecule has 8 nitrogen and oxygen atoms in total. The molecule has 2 fully saturated rings. The third-order valence-electron chi connectivity index (χ3n) is 4.87. The number of likely N-dealkylation sites (N-methyl/N-ethyl adjacent to an activating group) is 1. The van der Waals surface area contributed by atoms with Crippen LogP contribution in [0.4, 0.5) is 4.79 Å². The van der Waals surface area contributed by atoms with Crippen molar-refractivity contribution in [3.05, 3.63) is 0 Å². The number of amides is 3. The molecule has 0 aromatic carbocycles. The van der Waals surface area contributed by atoms with Crippen LogP contribution in [0.3, 0.4) is 0 Å². The Labute approximate surface area is 142 Å². The van der Waals surface area contributed by atoms with Crippen molar-refractivity contribution in [2.24, 2.45) is 0 Å². The van der Waals surface area contributed by atoms with Crippen LogP contribution < -0.4 is 5.32 Å². The van der Waals surface area contributed by atoms with Gasteiger partial charge in [-0.05, 0) is 33.2 Å². The molecule has 2 aliphatic rings. The normalized spacial score (nSPS) is 24.3. The van der Waals surface area contributed by atoms with Crippen LogP contribution >= 0.6 is 0 Å². The van der Waals surface area contributed by atoms with Gasteiger partial charge in [-0.3, -0.25) is 14.5 Å². The molecule has 136 valence electrons. The number of carbonyl (C=O) groups is 3. The van der Waals surface area contributed by atoms with Crippen molar-refractivity contribution < 1.29 is 19.5 Å². The molecule has 8 heteroatoms. The molecule has 1 aliphatic heterocycles. The second-order valence-electron chi connectivity index (χ2n) is 6.83. The molecule has 2 N–H and O–H groups in total. The lowest BCUT2D eigenvalue weighted by atomic mass is 9.85. The van der Waals surface area contributed by atoms with Gasteiger partial charge in [-0.1, -0.05) is 6.92 Å². The minimum absolute atomic E-state index is 0.0171. The monoisotopic (exact) mass is 340 g/mol. The lowest BCUT2D eigenvalue weighted by Gasteiger charge is -2.43. The second kappa shape index (κ2) is 7.83. The van der Waals surface area contributed by atoms with Gasteiger partial charge in [0, 0.05) is 31.2 Å². The molecule has 0 aromatic rings. The number of piperazine rings is 1. The summed E-state index contributed by atoms with van der Waals surface area (Å²) in [6.45, 7) is 7.84. The summed E-state index contributed by atoms with van der Waals surface area (Å²) in [5.74, 6) is -0.845.